The first-order valence-electron chi connectivity index (χ1n) is 5.96. The molecule has 1 aliphatic rings. The summed E-state index contributed by atoms with van der Waals surface area (Å²) in [6, 6.07) is 6.66. The molecule has 0 N–H and O–H groups in total. The molecule has 0 aliphatic carbocycles. The van der Waals surface area contributed by atoms with Crippen LogP contribution in [0.1, 0.15) is 32.3 Å². The fraction of sp³-hybridized carbons (Fsp3) is 0.500. The van der Waals surface area contributed by atoms with Gasteiger partial charge in [0.2, 0.25) is 0 Å². The van der Waals surface area contributed by atoms with Crippen molar-refractivity contribution in [2.24, 2.45) is 5.41 Å². The quantitative estimate of drug-likeness (QED) is 0.742. The lowest BCUT2D eigenvalue weighted by Gasteiger charge is -2.38. The third kappa shape index (κ3) is 2.58. The number of hydrogen-bond acceptors (Lipinski definition) is 2. The minimum absolute atomic E-state index is 0.288. The summed E-state index contributed by atoms with van der Waals surface area (Å²) in [5.41, 5.74) is 1.36. The average Bonchev–Trinajstić information content (AvgIpc) is 2.29. The van der Waals surface area contributed by atoms with Gasteiger partial charge < -0.3 is 4.90 Å². The van der Waals surface area contributed by atoms with Crippen molar-refractivity contribution in [3.8, 4) is 6.07 Å². The first kappa shape index (κ1) is 11.9. The summed E-state index contributed by atoms with van der Waals surface area (Å²) < 4.78 is 13.8. The van der Waals surface area contributed by atoms with Gasteiger partial charge in [0.05, 0.1) is 17.3 Å². The summed E-state index contributed by atoms with van der Waals surface area (Å²) in [7, 11) is 0. The Bertz CT molecular complexity index is 450. The van der Waals surface area contributed by atoms with Gasteiger partial charge >= 0.3 is 0 Å². The van der Waals surface area contributed by atoms with Gasteiger partial charge in [-0.2, -0.15) is 5.26 Å². The molecule has 1 aliphatic heterocycles. The SMILES string of the molecule is CC1(C)CCN(c2ccc(C#N)cc2F)CC1. The predicted octanol–water partition coefficient (Wildman–Crippen LogP) is 3.32. The highest BCUT2D eigenvalue weighted by Crippen LogP contribution is 2.33. The number of anilines is 1. The molecular weight excluding hydrogens is 215 g/mol. The molecule has 1 heterocycles. The minimum Gasteiger partial charge on any atom is -0.369 e. The van der Waals surface area contributed by atoms with Crippen LogP contribution in [0.5, 0.6) is 0 Å². The number of nitrogens with zero attached hydrogens (tertiary/aromatic N) is 2. The van der Waals surface area contributed by atoms with Crippen LogP contribution in [0.2, 0.25) is 0 Å². The van der Waals surface area contributed by atoms with Crippen molar-refractivity contribution in [3.63, 3.8) is 0 Å². The Kier molecular flexibility index (Phi) is 3.06. The summed E-state index contributed by atoms with van der Waals surface area (Å²) in [5, 5.41) is 8.70. The molecule has 0 amide bonds. The largest absolute Gasteiger partial charge is 0.369 e. The molecule has 0 unspecified atom stereocenters. The van der Waals surface area contributed by atoms with Gasteiger partial charge in [-0.1, -0.05) is 13.8 Å². The monoisotopic (exact) mass is 232 g/mol. The smallest absolute Gasteiger partial charge is 0.147 e. The van der Waals surface area contributed by atoms with Gasteiger partial charge in [0.1, 0.15) is 5.82 Å². The molecule has 0 atom stereocenters. The second-order valence-corrected chi connectivity index (χ2v) is 5.43. The fourth-order valence-corrected chi connectivity index (χ4v) is 2.19. The summed E-state index contributed by atoms with van der Waals surface area (Å²) in [5.74, 6) is -0.288. The van der Waals surface area contributed by atoms with Crippen LogP contribution in [0.15, 0.2) is 18.2 Å². The van der Waals surface area contributed by atoms with Crippen LogP contribution in [0, 0.1) is 22.6 Å². The molecule has 3 heteroatoms. The molecule has 1 saturated heterocycles. The van der Waals surface area contributed by atoms with Crippen LogP contribution in [0.4, 0.5) is 10.1 Å². The molecule has 0 aromatic heterocycles. The highest BCUT2D eigenvalue weighted by atomic mass is 19.1. The van der Waals surface area contributed by atoms with Crippen LogP contribution >= 0.6 is 0 Å². The Morgan fingerprint density at radius 1 is 1.29 bits per heavy atom. The normalized spacial score (nSPS) is 18.8. The third-order valence-corrected chi connectivity index (χ3v) is 3.53. The van der Waals surface area contributed by atoms with Gasteiger partial charge in [0, 0.05) is 13.1 Å². The lowest BCUT2D eigenvalue weighted by atomic mass is 9.82. The van der Waals surface area contributed by atoms with Crippen molar-refractivity contribution >= 4 is 5.69 Å². The lowest BCUT2D eigenvalue weighted by molar-refractivity contribution is 0.279. The third-order valence-electron chi connectivity index (χ3n) is 3.53. The Labute approximate surface area is 102 Å². The Morgan fingerprint density at radius 3 is 2.47 bits per heavy atom. The summed E-state index contributed by atoms with van der Waals surface area (Å²) in [4.78, 5) is 2.07. The van der Waals surface area contributed by atoms with Gasteiger partial charge in [-0.15, -0.1) is 0 Å². The van der Waals surface area contributed by atoms with Gasteiger partial charge in [-0.05, 0) is 36.5 Å². The zero-order valence-electron chi connectivity index (χ0n) is 10.3. The molecule has 0 saturated carbocycles. The number of hydrogen-bond donors (Lipinski definition) is 0. The fourth-order valence-electron chi connectivity index (χ4n) is 2.19. The molecule has 1 aromatic rings. The molecule has 1 aromatic carbocycles. The molecule has 1 fully saturated rings. The minimum atomic E-state index is -0.288. The lowest BCUT2D eigenvalue weighted by Crippen LogP contribution is -2.37. The zero-order chi connectivity index (χ0) is 12.5. The van der Waals surface area contributed by atoms with Crippen LogP contribution in [0.3, 0.4) is 0 Å². The van der Waals surface area contributed by atoms with Crippen molar-refractivity contribution in [1.82, 2.24) is 0 Å². The standard InChI is InChI=1S/C14H17FN2/c1-14(2)5-7-17(8-6-14)13-4-3-11(10-16)9-12(13)15/h3-4,9H,5-8H2,1-2H3. The van der Waals surface area contributed by atoms with E-state index in [1.807, 2.05) is 6.07 Å². The molecule has 17 heavy (non-hydrogen) atoms. The van der Waals surface area contributed by atoms with Crippen molar-refractivity contribution in [3.05, 3.63) is 29.6 Å². The molecule has 2 nitrogen and oxygen atoms in total. The summed E-state index contributed by atoms with van der Waals surface area (Å²) in [6.45, 7) is 6.27. The van der Waals surface area contributed by atoms with Crippen LogP contribution in [-0.4, -0.2) is 13.1 Å². The number of benzene rings is 1. The van der Waals surface area contributed by atoms with E-state index in [0.717, 1.165) is 25.9 Å². The van der Waals surface area contributed by atoms with E-state index in [4.69, 9.17) is 5.26 Å². The van der Waals surface area contributed by atoms with Crippen molar-refractivity contribution in [2.45, 2.75) is 26.7 Å². The number of rotatable bonds is 1. The maximum absolute atomic E-state index is 13.8. The van der Waals surface area contributed by atoms with E-state index in [2.05, 4.69) is 18.7 Å². The Morgan fingerprint density at radius 2 is 1.94 bits per heavy atom. The van der Waals surface area contributed by atoms with Crippen LogP contribution < -0.4 is 4.90 Å². The van der Waals surface area contributed by atoms with E-state index in [9.17, 15) is 4.39 Å². The van der Waals surface area contributed by atoms with Crippen molar-refractivity contribution in [1.29, 1.82) is 5.26 Å². The average molecular weight is 232 g/mol. The number of nitriles is 1. The van der Waals surface area contributed by atoms with E-state index in [1.165, 1.54) is 6.07 Å². The maximum Gasteiger partial charge on any atom is 0.147 e. The van der Waals surface area contributed by atoms with E-state index in [-0.39, 0.29) is 5.82 Å². The molecular formula is C14H17FN2. The topological polar surface area (TPSA) is 27.0 Å². The van der Waals surface area contributed by atoms with Gasteiger partial charge in [0.25, 0.3) is 0 Å². The Balaban J connectivity index is 2.17. The van der Waals surface area contributed by atoms with E-state index >= 15 is 0 Å². The number of halogens is 1. The Hall–Kier alpha value is -1.56. The molecule has 2 rings (SSSR count). The molecule has 90 valence electrons. The zero-order valence-corrected chi connectivity index (χ0v) is 10.3. The van der Waals surface area contributed by atoms with Gasteiger partial charge in [-0.3, -0.25) is 0 Å². The van der Waals surface area contributed by atoms with Crippen LogP contribution in [0.25, 0.3) is 0 Å². The van der Waals surface area contributed by atoms with Crippen molar-refractivity contribution < 1.29 is 4.39 Å². The van der Waals surface area contributed by atoms with Gasteiger partial charge in [0.15, 0.2) is 0 Å². The van der Waals surface area contributed by atoms with Gasteiger partial charge in [-0.25, -0.2) is 4.39 Å². The highest BCUT2D eigenvalue weighted by Gasteiger charge is 2.26. The van der Waals surface area contributed by atoms with Crippen LogP contribution in [-0.2, 0) is 0 Å². The second kappa shape index (κ2) is 4.37. The number of piperidine rings is 1. The first-order chi connectivity index (χ1) is 8.02. The van der Waals surface area contributed by atoms with Crippen molar-refractivity contribution in [2.75, 3.05) is 18.0 Å². The van der Waals surface area contributed by atoms with E-state index < -0.39 is 0 Å². The summed E-state index contributed by atoms with van der Waals surface area (Å²) in [6.07, 6.45) is 2.15. The second-order valence-electron chi connectivity index (χ2n) is 5.43. The van der Waals surface area contributed by atoms with E-state index in [1.54, 1.807) is 12.1 Å². The molecule has 0 radical (unpaired) electrons. The van der Waals surface area contributed by atoms with E-state index in [0.29, 0.717) is 16.7 Å². The molecule has 0 bridgehead atoms. The molecule has 0 spiro atoms. The predicted molar refractivity (Wildman–Crippen MR) is 66.3 cm³/mol. The summed E-state index contributed by atoms with van der Waals surface area (Å²) >= 11 is 0. The maximum atomic E-state index is 13.8. The first-order valence-corrected chi connectivity index (χ1v) is 5.96. The highest BCUT2D eigenvalue weighted by molar-refractivity contribution is 5.51.